The molecule has 0 saturated heterocycles. The minimum Gasteiger partial charge on any atom is -0.369 e. The zero-order chi connectivity index (χ0) is 13.6. The first-order chi connectivity index (χ1) is 9.77. The average molecular weight is 266 g/mol. The van der Waals surface area contributed by atoms with Crippen molar-refractivity contribution in [1.29, 1.82) is 0 Å². The Balaban J connectivity index is 1.82. The summed E-state index contributed by atoms with van der Waals surface area (Å²) in [5, 5.41) is 7.79. The van der Waals surface area contributed by atoms with Gasteiger partial charge < -0.3 is 5.32 Å². The second-order valence-corrected chi connectivity index (χ2v) is 5.85. The third-order valence-electron chi connectivity index (χ3n) is 4.61. The van der Waals surface area contributed by atoms with Crippen LogP contribution in [-0.4, -0.2) is 28.2 Å². The molecule has 1 atom stereocenters. The fourth-order valence-corrected chi connectivity index (χ4v) is 3.46. The predicted octanol–water partition coefficient (Wildman–Crippen LogP) is 1.95. The average Bonchev–Trinajstić information content (AvgIpc) is 3.08. The third kappa shape index (κ3) is 1.68. The quantitative estimate of drug-likeness (QED) is 0.857. The van der Waals surface area contributed by atoms with Gasteiger partial charge in [0.2, 0.25) is 0 Å². The number of fused-ring (bicyclic) bond motifs is 1. The number of nitrogens with one attached hydrogen (secondary N) is 1. The summed E-state index contributed by atoms with van der Waals surface area (Å²) in [5.41, 5.74) is 5.58. The summed E-state index contributed by atoms with van der Waals surface area (Å²) in [6, 6.07) is 8.73. The summed E-state index contributed by atoms with van der Waals surface area (Å²) in [6.07, 6.45) is 7.07. The van der Waals surface area contributed by atoms with Crippen LogP contribution in [0.3, 0.4) is 0 Å². The molecule has 1 unspecified atom stereocenters. The maximum absolute atomic E-state index is 4.39. The predicted molar refractivity (Wildman–Crippen MR) is 79.9 cm³/mol. The molecule has 2 heterocycles. The molecule has 0 bridgehead atoms. The topological polar surface area (TPSA) is 42.2 Å². The van der Waals surface area contributed by atoms with Gasteiger partial charge in [0.1, 0.15) is 0 Å². The van der Waals surface area contributed by atoms with E-state index in [1.807, 2.05) is 24.3 Å². The van der Waals surface area contributed by atoms with Crippen LogP contribution in [0.15, 0.2) is 35.5 Å². The number of benzene rings is 1. The normalized spacial score (nSPS) is 23.9. The number of aryl methyl sites for hydroxylation is 2. The first kappa shape index (κ1) is 11.7. The zero-order valence-electron chi connectivity index (χ0n) is 11.6. The first-order valence-electron chi connectivity index (χ1n) is 7.13. The Kier molecular flexibility index (Phi) is 2.46. The molecule has 0 amide bonds. The highest BCUT2D eigenvalue weighted by Gasteiger charge is 2.36. The van der Waals surface area contributed by atoms with E-state index >= 15 is 0 Å². The van der Waals surface area contributed by atoms with Crippen LogP contribution < -0.4 is 5.32 Å². The second kappa shape index (κ2) is 4.20. The van der Waals surface area contributed by atoms with Gasteiger partial charge >= 0.3 is 0 Å². The van der Waals surface area contributed by atoms with E-state index in [4.69, 9.17) is 0 Å². The Bertz CT molecular complexity index is 676. The van der Waals surface area contributed by atoms with E-state index < -0.39 is 0 Å². The molecule has 4 rings (SSSR count). The lowest BCUT2D eigenvalue weighted by Gasteiger charge is -2.35. The lowest BCUT2D eigenvalue weighted by atomic mass is 9.76. The standard InChI is InChI=1S/C16H18N4/c1-20-15(6-8-19-20)13-4-2-3-12-5-7-16(9-14(12)13)10-17-11-18-16/h2-4,6,8,11H,5,7,9-10H2,1H3,(H,17,18). The molecule has 1 aromatic carbocycles. The van der Waals surface area contributed by atoms with Crippen molar-refractivity contribution in [2.24, 2.45) is 12.0 Å². The monoisotopic (exact) mass is 266 g/mol. The highest BCUT2D eigenvalue weighted by molar-refractivity contribution is 5.68. The number of hydrogen-bond acceptors (Lipinski definition) is 3. The highest BCUT2D eigenvalue weighted by Crippen LogP contribution is 2.36. The van der Waals surface area contributed by atoms with E-state index in [-0.39, 0.29) is 5.54 Å². The Hall–Kier alpha value is -2.10. The van der Waals surface area contributed by atoms with Gasteiger partial charge in [-0.05, 0) is 36.5 Å². The van der Waals surface area contributed by atoms with E-state index in [0.29, 0.717) is 0 Å². The molecule has 4 heteroatoms. The van der Waals surface area contributed by atoms with Gasteiger partial charge in [-0.15, -0.1) is 0 Å². The number of rotatable bonds is 1. The van der Waals surface area contributed by atoms with E-state index in [1.54, 1.807) is 0 Å². The number of aromatic nitrogens is 2. The number of hydrogen-bond donors (Lipinski definition) is 1. The molecule has 1 aliphatic carbocycles. The van der Waals surface area contributed by atoms with Crippen LogP contribution in [0.5, 0.6) is 0 Å². The molecular weight excluding hydrogens is 248 g/mol. The second-order valence-electron chi connectivity index (χ2n) is 5.85. The first-order valence-corrected chi connectivity index (χ1v) is 7.13. The maximum Gasteiger partial charge on any atom is 0.0829 e. The Morgan fingerprint density at radius 1 is 1.30 bits per heavy atom. The number of nitrogens with zero attached hydrogens (tertiary/aromatic N) is 3. The van der Waals surface area contributed by atoms with Gasteiger partial charge in [-0.3, -0.25) is 9.67 Å². The summed E-state index contributed by atoms with van der Waals surface area (Å²) < 4.78 is 1.95. The van der Waals surface area contributed by atoms with E-state index in [2.05, 4.69) is 39.7 Å². The molecular formula is C16H18N4. The Labute approximate surface area is 118 Å². The van der Waals surface area contributed by atoms with E-state index in [1.165, 1.54) is 22.4 Å². The number of aliphatic imine (C=N–C) groups is 1. The molecule has 1 aromatic heterocycles. The molecule has 20 heavy (non-hydrogen) atoms. The highest BCUT2D eigenvalue weighted by atomic mass is 15.3. The maximum atomic E-state index is 4.39. The fraction of sp³-hybridized carbons (Fsp3) is 0.375. The van der Waals surface area contributed by atoms with E-state index in [9.17, 15) is 0 Å². The smallest absolute Gasteiger partial charge is 0.0829 e. The van der Waals surface area contributed by atoms with Crippen LogP contribution in [0.2, 0.25) is 0 Å². The largest absolute Gasteiger partial charge is 0.369 e. The van der Waals surface area contributed by atoms with Crippen LogP contribution in [0, 0.1) is 0 Å². The molecule has 4 nitrogen and oxygen atoms in total. The van der Waals surface area contributed by atoms with Crippen molar-refractivity contribution in [3.05, 3.63) is 41.6 Å². The van der Waals surface area contributed by atoms with Gasteiger partial charge in [-0.25, -0.2) is 0 Å². The van der Waals surface area contributed by atoms with Gasteiger partial charge in [0, 0.05) is 18.8 Å². The van der Waals surface area contributed by atoms with Gasteiger partial charge in [-0.2, -0.15) is 5.10 Å². The van der Waals surface area contributed by atoms with Gasteiger partial charge in [0.15, 0.2) is 0 Å². The summed E-state index contributed by atoms with van der Waals surface area (Å²) >= 11 is 0. The Morgan fingerprint density at radius 2 is 2.25 bits per heavy atom. The third-order valence-corrected chi connectivity index (χ3v) is 4.61. The van der Waals surface area contributed by atoms with Crippen LogP contribution in [0.1, 0.15) is 17.5 Å². The molecule has 1 aliphatic heterocycles. The molecule has 102 valence electrons. The summed E-state index contributed by atoms with van der Waals surface area (Å²) in [4.78, 5) is 4.39. The molecule has 2 aliphatic rings. The van der Waals surface area contributed by atoms with Gasteiger partial charge in [-0.1, -0.05) is 18.2 Å². The molecule has 2 aromatic rings. The molecule has 0 fully saturated rings. The minimum absolute atomic E-state index is 0.141. The lowest BCUT2D eigenvalue weighted by molar-refractivity contribution is 0.364. The van der Waals surface area contributed by atoms with Crippen LogP contribution in [0.25, 0.3) is 11.3 Å². The zero-order valence-corrected chi connectivity index (χ0v) is 11.6. The van der Waals surface area contributed by atoms with Gasteiger partial charge in [0.05, 0.1) is 24.1 Å². The van der Waals surface area contributed by atoms with Crippen LogP contribution >= 0.6 is 0 Å². The van der Waals surface area contributed by atoms with Crippen LogP contribution in [0.4, 0.5) is 0 Å². The minimum atomic E-state index is 0.141. The molecule has 0 radical (unpaired) electrons. The molecule has 1 N–H and O–H groups in total. The molecule has 0 saturated carbocycles. The summed E-state index contributed by atoms with van der Waals surface area (Å²) in [6.45, 7) is 0.895. The van der Waals surface area contributed by atoms with Crippen LogP contribution in [-0.2, 0) is 19.9 Å². The molecule has 1 spiro atoms. The van der Waals surface area contributed by atoms with Crippen molar-refractivity contribution in [1.82, 2.24) is 15.1 Å². The van der Waals surface area contributed by atoms with Gasteiger partial charge in [0.25, 0.3) is 0 Å². The van der Waals surface area contributed by atoms with Crippen molar-refractivity contribution in [3.63, 3.8) is 0 Å². The van der Waals surface area contributed by atoms with Crippen molar-refractivity contribution >= 4 is 6.34 Å². The lowest BCUT2D eigenvalue weighted by Crippen LogP contribution is -2.48. The van der Waals surface area contributed by atoms with Crippen molar-refractivity contribution in [2.75, 3.05) is 6.54 Å². The van der Waals surface area contributed by atoms with Crippen molar-refractivity contribution < 1.29 is 0 Å². The van der Waals surface area contributed by atoms with E-state index in [0.717, 1.165) is 25.8 Å². The summed E-state index contributed by atoms with van der Waals surface area (Å²) in [5.74, 6) is 0. The fourth-order valence-electron chi connectivity index (χ4n) is 3.46. The SMILES string of the molecule is Cn1nccc1-c1cccc2c1CC1(CC2)CN=CN1. The summed E-state index contributed by atoms with van der Waals surface area (Å²) in [7, 11) is 2.00. The van der Waals surface area contributed by atoms with Crippen molar-refractivity contribution in [2.45, 2.75) is 24.8 Å². The Morgan fingerprint density at radius 3 is 3.00 bits per heavy atom. The van der Waals surface area contributed by atoms with Crippen molar-refractivity contribution in [3.8, 4) is 11.3 Å².